The van der Waals surface area contributed by atoms with Crippen LogP contribution in [0, 0.1) is 5.92 Å². The molecule has 1 N–H and O–H groups in total. The van der Waals surface area contributed by atoms with Crippen molar-refractivity contribution in [3.05, 3.63) is 17.8 Å². The van der Waals surface area contributed by atoms with Crippen LogP contribution in [0.15, 0.2) is 17.8 Å². The van der Waals surface area contributed by atoms with Gasteiger partial charge in [0.2, 0.25) is 0 Å². The molecular formula is C14H19N3OS. The number of anilines is 1. The van der Waals surface area contributed by atoms with Crippen molar-refractivity contribution in [2.24, 2.45) is 5.92 Å². The molecule has 2 atom stereocenters. The van der Waals surface area contributed by atoms with Gasteiger partial charge in [0.25, 0.3) is 0 Å². The topological polar surface area (TPSA) is 49.2 Å². The molecule has 1 aliphatic heterocycles. The Morgan fingerprint density at radius 3 is 3.16 bits per heavy atom. The normalized spacial score (nSPS) is 27.9. The van der Waals surface area contributed by atoms with Crippen LogP contribution in [0.1, 0.15) is 26.7 Å². The van der Waals surface area contributed by atoms with Gasteiger partial charge in [0.05, 0.1) is 11.0 Å². The van der Waals surface area contributed by atoms with E-state index in [0.717, 1.165) is 42.0 Å². The first kappa shape index (κ1) is 12.8. The summed E-state index contributed by atoms with van der Waals surface area (Å²) in [7, 11) is 0. The maximum atomic E-state index is 10.4. The molecule has 0 saturated carbocycles. The summed E-state index contributed by atoms with van der Waals surface area (Å²) >= 11 is 1.64. The summed E-state index contributed by atoms with van der Waals surface area (Å²) in [5.74, 6) is 1.31. The summed E-state index contributed by atoms with van der Waals surface area (Å²) in [4.78, 5) is 12.1. The van der Waals surface area contributed by atoms with Crippen molar-refractivity contribution in [2.75, 3.05) is 18.0 Å². The standard InChI is InChI=1S/C14H19N3OS/c1-3-10-8-17(6-5-14(10,2)18)12-11-4-7-19-13(11)16-9-15-12/h4,7,9-10,18H,3,5-6,8H2,1-2H3/t10-,14+/m1/s1. The number of fused-ring (bicyclic) bond motifs is 1. The van der Waals surface area contributed by atoms with E-state index < -0.39 is 5.60 Å². The smallest absolute Gasteiger partial charge is 0.140 e. The van der Waals surface area contributed by atoms with Crippen LogP contribution in [0.2, 0.25) is 0 Å². The summed E-state index contributed by atoms with van der Waals surface area (Å²) in [6, 6.07) is 2.09. The summed E-state index contributed by atoms with van der Waals surface area (Å²) < 4.78 is 0. The lowest BCUT2D eigenvalue weighted by Crippen LogP contribution is -2.50. The molecule has 3 heterocycles. The molecule has 0 bridgehead atoms. The maximum absolute atomic E-state index is 10.4. The van der Waals surface area contributed by atoms with Gasteiger partial charge >= 0.3 is 0 Å². The molecule has 2 aromatic rings. The molecule has 0 radical (unpaired) electrons. The minimum absolute atomic E-state index is 0.296. The highest BCUT2D eigenvalue weighted by atomic mass is 32.1. The van der Waals surface area contributed by atoms with Crippen LogP contribution in [0.4, 0.5) is 5.82 Å². The zero-order valence-corrected chi connectivity index (χ0v) is 12.2. The van der Waals surface area contributed by atoms with Crippen molar-refractivity contribution in [1.29, 1.82) is 0 Å². The molecular weight excluding hydrogens is 258 g/mol. The lowest BCUT2D eigenvalue weighted by atomic mass is 9.81. The Morgan fingerprint density at radius 1 is 1.53 bits per heavy atom. The second kappa shape index (κ2) is 4.72. The zero-order valence-electron chi connectivity index (χ0n) is 11.3. The van der Waals surface area contributed by atoms with E-state index in [-0.39, 0.29) is 0 Å². The van der Waals surface area contributed by atoms with E-state index in [0.29, 0.717) is 5.92 Å². The molecule has 0 aliphatic carbocycles. The lowest BCUT2D eigenvalue weighted by Gasteiger charge is -2.43. The van der Waals surface area contributed by atoms with Gasteiger partial charge in [0.15, 0.2) is 0 Å². The van der Waals surface area contributed by atoms with Crippen molar-refractivity contribution in [3.8, 4) is 0 Å². The van der Waals surface area contributed by atoms with E-state index in [1.165, 1.54) is 0 Å². The Balaban J connectivity index is 1.93. The SMILES string of the molecule is CC[C@@H]1CN(c2ncnc3sccc23)CC[C@]1(C)O. The van der Waals surface area contributed by atoms with Gasteiger partial charge in [-0.25, -0.2) is 9.97 Å². The minimum Gasteiger partial charge on any atom is -0.390 e. The molecule has 102 valence electrons. The predicted molar refractivity (Wildman–Crippen MR) is 78.6 cm³/mol. The first-order chi connectivity index (χ1) is 9.12. The second-order valence-corrected chi connectivity index (χ2v) is 6.39. The number of aromatic nitrogens is 2. The van der Waals surface area contributed by atoms with E-state index in [1.807, 2.05) is 6.92 Å². The Labute approximate surface area is 117 Å². The Hall–Kier alpha value is -1.20. The number of rotatable bonds is 2. The Morgan fingerprint density at radius 2 is 2.37 bits per heavy atom. The van der Waals surface area contributed by atoms with Crippen LogP contribution in [0.25, 0.3) is 10.2 Å². The molecule has 3 rings (SSSR count). The van der Waals surface area contributed by atoms with E-state index >= 15 is 0 Å². The van der Waals surface area contributed by atoms with Gasteiger partial charge in [0, 0.05) is 19.0 Å². The van der Waals surface area contributed by atoms with Crippen LogP contribution in [0.5, 0.6) is 0 Å². The molecule has 0 spiro atoms. The fourth-order valence-electron chi connectivity index (χ4n) is 2.91. The summed E-state index contributed by atoms with van der Waals surface area (Å²) in [6.07, 6.45) is 3.42. The molecule has 2 aromatic heterocycles. The van der Waals surface area contributed by atoms with Gasteiger partial charge in [0.1, 0.15) is 17.0 Å². The van der Waals surface area contributed by atoms with Gasteiger partial charge < -0.3 is 10.0 Å². The van der Waals surface area contributed by atoms with Crippen LogP contribution in [0.3, 0.4) is 0 Å². The summed E-state index contributed by atoms with van der Waals surface area (Å²) in [6.45, 7) is 5.82. The van der Waals surface area contributed by atoms with E-state index in [1.54, 1.807) is 17.7 Å². The molecule has 1 fully saturated rings. The number of aliphatic hydroxyl groups is 1. The number of piperidine rings is 1. The molecule has 0 aromatic carbocycles. The van der Waals surface area contributed by atoms with Crippen LogP contribution in [-0.2, 0) is 0 Å². The van der Waals surface area contributed by atoms with Gasteiger partial charge in [-0.05, 0) is 31.2 Å². The molecule has 4 nitrogen and oxygen atoms in total. The minimum atomic E-state index is -0.550. The molecule has 5 heteroatoms. The van der Waals surface area contributed by atoms with E-state index in [9.17, 15) is 5.11 Å². The van der Waals surface area contributed by atoms with Crippen LogP contribution in [-0.4, -0.2) is 33.8 Å². The van der Waals surface area contributed by atoms with Gasteiger partial charge in [-0.1, -0.05) is 6.92 Å². The number of thiophene rings is 1. The van der Waals surface area contributed by atoms with Gasteiger partial charge in [-0.15, -0.1) is 11.3 Å². The third-order valence-corrected chi connectivity index (χ3v) is 5.06. The monoisotopic (exact) mass is 277 g/mol. The molecule has 0 amide bonds. The largest absolute Gasteiger partial charge is 0.390 e. The molecule has 19 heavy (non-hydrogen) atoms. The van der Waals surface area contributed by atoms with Gasteiger partial charge in [-0.3, -0.25) is 0 Å². The third-order valence-electron chi connectivity index (χ3n) is 4.24. The predicted octanol–water partition coefficient (Wildman–Crippen LogP) is 2.68. The Kier molecular flexibility index (Phi) is 3.19. The Bertz CT molecular complexity index is 581. The number of hydrogen-bond donors (Lipinski definition) is 1. The van der Waals surface area contributed by atoms with Crippen molar-refractivity contribution < 1.29 is 5.11 Å². The van der Waals surface area contributed by atoms with Crippen molar-refractivity contribution in [3.63, 3.8) is 0 Å². The molecule has 1 aliphatic rings. The third kappa shape index (κ3) is 2.21. The van der Waals surface area contributed by atoms with E-state index in [2.05, 4.69) is 33.2 Å². The zero-order chi connectivity index (χ0) is 13.5. The van der Waals surface area contributed by atoms with Crippen molar-refractivity contribution in [1.82, 2.24) is 9.97 Å². The van der Waals surface area contributed by atoms with Crippen LogP contribution >= 0.6 is 11.3 Å². The van der Waals surface area contributed by atoms with Crippen molar-refractivity contribution in [2.45, 2.75) is 32.3 Å². The first-order valence-corrected chi connectivity index (χ1v) is 7.65. The molecule has 0 unspecified atom stereocenters. The fourth-order valence-corrected chi connectivity index (χ4v) is 3.64. The lowest BCUT2D eigenvalue weighted by molar-refractivity contribution is -0.0183. The quantitative estimate of drug-likeness (QED) is 0.917. The maximum Gasteiger partial charge on any atom is 0.140 e. The van der Waals surface area contributed by atoms with Crippen LogP contribution < -0.4 is 4.90 Å². The molecule has 1 saturated heterocycles. The summed E-state index contributed by atoms with van der Waals surface area (Å²) in [5, 5.41) is 13.6. The average molecular weight is 277 g/mol. The summed E-state index contributed by atoms with van der Waals surface area (Å²) in [5.41, 5.74) is -0.550. The highest BCUT2D eigenvalue weighted by molar-refractivity contribution is 7.16. The number of nitrogens with zero attached hydrogens (tertiary/aromatic N) is 3. The average Bonchev–Trinajstić information content (AvgIpc) is 2.86. The van der Waals surface area contributed by atoms with Gasteiger partial charge in [-0.2, -0.15) is 0 Å². The highest BCUT2D eigenvalue weighted by Gasteiger charge is 2.37. The van der Waals surface area contributed by atoms with Crippen molar-refractivity contribution >= 4 is 27.4 Å². The highest BCUT2D eigenvalue weighted by Crippen LogP contribution is 2.34. The second-order valence-electron chi connectivity index (χ2n) is 5.50. The fraction of sp³-hybridized carbons (Fsp3) is 0.571. The van der Waals surface area contributed by atoms with E-state index in [4.69, 9.17) is 0 Å². The number of hydrogen-bond acceptors (Lipinski definition) is 5. The first-order valence-electron chi connectivity index (χ1n) is 6.77.